The molecule has 84 valence electrons. The van der Waals surface area contributed by atoms with Crippen molar-refractivity contribution in [1.82, 2.24) is 0 Å². The fourth-order valence-corrected chi connectivity index (χ4v) is 2.42. The summed E-state index contributed by atoms with van der Waals surface area (Å²) in [4.78, 5) is 0. The number of hydrogen-bond acceptors (Lipinski definition) is 0. The summed E-state index contributed by atoms with van der Waals surface area (Å²) < 4.78 is 14.2. The molecule has 0 radical (unpaired) electrons. The maximum atomic E-state index is 14.2. The molecule has 1 fully saturated rings. The van der Waals surface area contributed by atoms with Crippen LogP contribution < -0.4 is 0 Å². The Bertz CT molecular complexity index is 162. The Balaban J connectivity index is 2.49. The highest BCUT2D eigenvalue weighted by molar-refractivity contribution is 5.06. The van der Waals surface area contributed by atoms with Gasteiger partial charge in [-0.1, -0.05) is 46.5 Å². The van der Waals surface area contributed by atoms with Crippen LogP contribution in [-0.2, 0) is 0 Å². The van der Waals surface area contributed by atoms with Gasteiger partial charge < -0.3 is 0 Å². The van der Waals surface area contributed by atoms with Gasteiger partial charge in [-0.2, -0.15) is 0 Å². The molecule has 0 aliphatic heterocycles. The fourth-order valence-electron chi connectivity index (χ4n) is 2.42. The largest absolute Gasteiger partial charge is 0.243 e. The molecule has 1 aliphatic rings. The average molecular weight is 200 g/mol. The van der Waals surface area contributed by atoms with Gasteiger partial charge in [-0.15, -0.1) is 0 Å². The second-order valence-corrected chi connectivity index (χ2v) is 5.23. The first-order valence-electron chi connectivity index (χ1n) is 6.27. The van der Waals surface area contributed by atoms with E-state index in [0.717, 1.165) is 25.7 Å². The highest BCUT2D eigenvalue weighted by Crippen LogP contribution is 2.57. The van der Waals surface area contributed by atoms with Crippen LogP contribution >= 0.6 is 0 Å². The second-order valence-electron chi connectivity index (χ2n) is 5.23. The summed E-state index contributed by atoms with van der Waals surface area (Å²) in [6, 6.07) is 0. The SMILES string of the molecule is CCCCC(C)(CCCC)C1(F)CC1. The summed E-state index contributed by atoms with van der Waals surface area (Å²) in [6.45, 7) is 6.56. The van der Waals surface area contributed by atoms with Gasteiger partial charge in [0.2, 0.25) is 0 Å². The number of alkyl halides is 1. The molecule has 1 saturated carbocycles. The summed E-state index contributed by atoms with van der Waals surface area (Å²) in [7, 11) is 0. The molecule has 0 aromatic rings. The van der Waals surface area contributed by atoms with E-state index in [9.17, 15) is 4.39 Å². The van der Waals surface area contributed by atoms with E-state index in [2.05, 4.69) is 20.8 Å². The minimum atomic E-state index is -0.794. The Morgan fingerprint density at radius 3 is 1.79 bits per heavy atom. The van der Waals surface area contributed by atoms with Crippen molar-refractivity contribution >= 4 is 0 Å². The molecule has 0 bridgehead atoms. The Morgan fingerprint density at radius 1 is 1.07 bits per heavy atom. The molecule has 0 spiro atoms. The summed E-state index contributed by atoms with van der Waals surface area (Å²) in [5.41, 5.74) is -0.809. The van der Waals surface area contributed by atoms with Crippen LogP contribution in [0.25, 0.3) is 0 Å². The molecule has 0 aromatic heterocycles. The maximum absolute atomic E-state index is 14.2. The summed E-state index contributed by atoms with van der Waals surface area (Å²) in [5.74, 6) is 0. The molecular weight excluding hydrogens is 175 g/mol. The highest BCUT2D eigenvalue weighted by Gasteiger charge is 2.56. The third-order valence-corrected chi connectivity index (χ3v) is 3.93. The molecule has 0 N–H and O–H groups in total. The maximum Gasteiger partial charge on any atom is 0.116 e. The lowest BCUT2D eigenvalue weighted by molar-refractivity contribution is 0.0745. The zero-order chi connectivity index (χ0) is 10.7. The molecule has 0 amide bonds. The average Bonchev–Trinajstić information content (AvgIpc) is 2.92. The van der Waals surface area contributed by atoms with Crippen LogP contribution in [0.15, 0.2) is 0 Å². The van der Waals surface area contributed by atoms with Gasteiger partial charge in [0.1, 0.15) is 5.67 Å². The van der Waals surface area contributed by atoms with Gasteiger partial charge in [-0.05, 0) is 25.7 Å². The van der Waals surface area contributed by atoms with Gasteiger partial charge in [-0.3, -0.25) is 0 Å². The van der Waals surface area contributed by atoms with E-state index in [1.165, 1.54) is 25.7 Å². The molecular formula is C13H25F. The first kappa shape index (κ1) is 12.0. The molecule has 1 aliphatic carbocycles. The number of halogens is 1. The predicted molar refractivity (Wildman–Crippen MR) is 60.2 cm³/mol. The van der Waals surface area contributed by atoms with E-state index in [1.807, 2.05) is 0 Å². The van der Waals surface area contributed by atoms with Crippen molar-refractivity contribution in [1.29, 1.82) is 0 Å². The van der Waals surface area contributed by atoms with Crippen molar-refractivity contribution in [2.24, 2.45) is 5.41 Å². The third kappa shape index (κ3) is 2.49. The molecule has 0 atom stereocenters. The Labute approximate surface area is 88.3 Å². The minimum absolute atomic E-state index is 0.0149. The van der Waals surface area contributed by atoms with Crippen molar-refractivity contribution in [3.63, 3.8) is 0 Å². The van der Waals surface area contributed by atoms with Gasteiger partial charge in [0.15, 0.2) is 0 Å². The van der Waals surface area contributed by atoms with Crippen molar-refractivity contribution in [2.75, 3.05) is 0 Å². The van der Waals surface area contributed by atoms with Crippen LogP contribution in [0, 0.1) is 5.41 Å². The quantitative estimate of drug-likeness (QED) is 0.549. The molecule has 0 saturated heterocycles. The number of hydrogen-bond donors (Lipinski definition) is 0. The minimum Gasteiger partial charge on any atom is -0.243 e. The molecule has 14 heavy (non-hydrogen) atoms. The lowest BCUT2D eigenvalue weighted by Crippen LogP contribution is -2.30. The standard InChI is InChI=1S/C13H25F/c1-4-6-8-12(3,9-7-5-2)13(14)10-11-13/h4-11H2,1-3H3. The second kappa shape index (κ2) is 4.63. The predicted octanol–water partition coefficient (Wildman–Crippen LogP) is 4.88. The van der Waals surface area contributed by atoms with Crippen molar-refractivity contribution in [2.45, 2.75) is 77.8 Å². The van der Waals surface area contributed by atoms with Gasteiger partial charge in [0.25, 0.3) is 0 Å². The summed E-state index contributed by atoms with van der Waals surface area (Å²) in [5, 5.41) is 0. The zero-order valence-electron chi connectivity index (χ0n) is 10.0. The molecule has 1 rings (SSSR count). The van der Waals surface area contributed by atoms with E-state index in [4.69, 9.17) is 0 Å². The Hall–Kier alpha value is -0.0700. The van der Waals surface area contributed by atoms with Crippen LogP contribution in [0.5, 0.6) is 0 Å². The summed E-state index contributed by atoms with van der Waals surface area (Å²) in [6.07, 6.45) is 8.56. The third-order valence-electron chi connectivity index (χ3n) is 3.93. The molecule has 0 aromatic carbocycles. The van der Waals surface area contributed by atoms with Gasteiger partial charge >= 0.3 is 0 Å². The van der Waals surface area contributed by atoms with Crippen LogP contribution in [-0.4, -0.2) is 5.67 Å². The van der Waals surface area contributed by atoms with Crippen LogP contribution in [0.2, 0.25) is 0 Å². The number of unbranched alkanes of at least 4 members (excludes halogenated alkanes) is 2. The first-order chi connectivity index (χ1) is 6.58. The smallest absolute Gasteiger partial charge is 0.116 e. The van der Waals surface area contributed by atoms with Crippen LogP contribution in [0.4, 0.5) is 4.39 Å². The van der Waals surface area contributed by atoms with E-state index in [0.29, 0.717) is 0 Å². The van der Waals surface area contributed by atoms with Gasteiger partial charge in [0, 0.05) is 5.41 Å². The van der Waals surface area contributed by atoms with Crippen molar-refractivity contribution < 1.29 is 4.39 Å². The van der Waals surface area contributed by atoms with Gasteiger partial charge in [-0.25, -0.2) is 4.39 Å². The van der Waals surface area contributed by atoms with E-state index in [-0.39, 0.29) is 5.41 Å². The molecule has 1 heteroatoms. The van der Waals surface area contributed by atoms with Crippen LogP contribution in [0.3, 0.4) is 0 Å². The Kier molecular flexibility index (Phi) is 3.97. The fraction of sp³-hybridized carbons (Fsp3) is 1.00. The normalized spacial score (nSPS) is 19.7. The van der Waals surface area contributed by atoms with Crippen LogP contribution in [0.1, 0.15) is 72.1 Å². The van der Waals surface area contributed by atoms with E-state index >= 15 is 0 Å². The highest BCUT2D eigenvalue weighted by atomic mass is 19.1. The van der Waals surface area contributed by atoms with E-state index < -0.39 is 5.67 Å². The van der Waals surface area contributed by atoms with Crippen molar-refractivity contribution in [3.8, 4) is 0 Å². The topological polar surface area (TPSA) is 0 Å². The van der Waals surface area contributed by atoms with E-state index in [1.54, 1.807) is 0 Å². The lowest BCUT2D eigenvalue weighted by atomic mass is 9.74. The Morgan fingerprint density at radius 2 is 1.50 bits per heavy atom. The zero-order valence-corrected chi connectivity index (χ0v) is 10.0. The number of rotatable bonds is 7. The molecule has 0 nitrogen and oxygen atoms in total. The molecule has 0 heterocycles. The monoisotopic (exact) mass is 200 g/mol. The molecule has 0 unspecified atom stereocenters. The first-order valence-corrected chi connectivity index (χ1v) is 6.27. The summed E-state index contributed by atoms with van der Waals surface area (Å²) >= 11 is 0. The van der Waals surface area contributed by atoms with Gasteiger partial charge in [0.05, 0.1) is 0 Å². The van der Waals surface area contributed by atoms with Crippen molar-refractivity contribution in [3.05, 3.63) is 0 Å². The lowest BCUT2D eigenvalue weighted by Gasteiger charge is -2.33.